The van der Waals surface area contributed by atoms with Gasteiger partial charge in [-0.05, 0) is 33.0 Å². The maximum atomic E-state index is 2.58. The van der Waals surface area contributed by atoms with Crippen molar-refractivity contribution in [2.24, 2.45) is 0 Å². The highest BCUT2D eigenvalue weighted by molar-refractivity contribution is 4.88. The fourth-order valence-corrected chi connectivity index (χ4v) is 1.64. The van der Waals surface area contributed by atoms with Gasteiger partial charge in [0, 0.05) is 6.54 Å². The minimum absolute atomic E-state index is 0.826. The molecule has 9 heavy (non-hydrogen) atoms. The smallest absolute Gasteiger partial charge is 0.0752 e. The van der Waals surface area contributed by atoms with Gasteiger partial charge in [0.15, 0.2) is 0 Å². The molecule has 2 heteroatoms. The maximum Gasteiger partial charge on any atom is 0.0752 e. The van der Waals surface area contributed by atoms with Gasteiger partial charge in [-0.15, -0.1) is 0 Å². The molecule has 2 fully saturated rings. The molecule has 2 saturated heterocycles. The monoisotopic (exact) mass is 126 g/mol. The van der Waals surface area contributed by atoms with Crippen LogP contribution < -0.4 is 0 Å². The van der Waals surface area contributed by atoms with Crippen molar-refractivity contribution >= 4 is 0 Å². The Kier molecular flexibility index (Phi) is 1.24. The second-order valence-electron chi connectivity index (χ2n) is 3.16. The van der Waals surface area contributed by atoms with Crippen LogP contribution in [-0.2, 0) is 0 Å². The largest absolute Gasteiger partial charge is 0.287 e. The molecule has 2 aliphatic rings. The molecule has 0 aliphatic carbocycles. The molecule has 0 aromatic rings. The van der Waals surface area contributed by atoms with Crippen LogP contribution in [-0.4, -0.2) is 42.6 Å². The van der Waals surface area contributed by atoms with Crippen molar-refractivity contribution in [3.63, 3.8) is 0 Å². The molecule has 0 aromatic carbocycles. The zero-order valence-electron chi connectivity index (χ0n) is 6.01. The maximum absolute atomic E-state index is 2.58. The van der Waals surface area contributed by atoms with Crippen LogP contribution in [0, 0.1) is 0 Å². The quantitative estimate of drug-likeness (QED) is 0.468. The number of likely N-dealkylation sites (tertiary alicyclic amines) is 1. The Morgan fingerprint density at radius 1 is 1.22 bits per heavy atom. The lowest BCUT2D eigenvalue weighted by Gasteiger charge is -2.11. The number of hydrogen-bond donors (Lipinski definition) is 0. The molecule has 0 amide bonds. The third kappa shape index (κ3) is 0.970. The van der Waals surface area contributed by atoms with E-state index in [1.165, 1.54) is 32.5 Å². The summed E-state index contributed by atoms with van der Waals surface area (Å²) in [5, 5.41) is 0. The third-order valence-corrected chi connectivity index (χ3v) is 2.39. The van der Waals surface area contributed by atoms with Crippen LogP contribution in [0.1, 0.15) is 12.8 Å². The third-order valence-electron chi connectivity index (χ3n) is 2.39. The summed E-state index contributed by atoms with van der Waals surface area (Å²) in [6.07, 6.45) is 3.67. The van der Waals surface area contributed by atoms with E-state index in [2.05, 4.69) is 16.8 Å². The molecule has 0 bridgehead atoms. The molecule has 2 atom stereocenters. The summed E-state index contributed by atoms with van der Waals surface area (Å²) in [4.78, 5) is 4.98. The zero-order chi connectivity index (χ0) is 6.27. The summed E-state index contributed by atoms with van der Waals surface area (Å²) >= 11 is 0. The molecule has 2 unspecified atom stereocenters. The Hall–Kier alpha value is -0.0800. The average molecular weight is 126 g/mol. The predicted octanol–water partition coefficient (Wildman–Crippen LogP) is 0.354. The molecule has 52 valence electrons. The molecular weight excluding hydrogens is 112 g/mol. The van der Waals surface area contributed by atoms with Gasteiger partial charge in [0.05, 0.1) is 6.17 Å². The number of hydrogen-bond acceptors (Lipinski definition) is 2. The fraction of sp³-hybridized carbons (Fsp3) is 1.00. The minimum Gasteiger partial charge on any atom is -0.287 e. The normalized spacial score (nSPS) is 43.7. The van der Waals surface area contributed by atoms with Gasteiger partial charge < -0.3 is 0 Å². The first-order valence-corrected chi connectivity index (χ1v) is 3.82. The molecule has 0 aromatic heterocycles. The first-order valence-electron chi connectivity index (χ1n) is 3.82. The van der Waals surface area contributed by atoms with Gasteiger partial charge >= 0.3 is 0 Å². The van der Waals surface area contributed by atoms with Gasteiger partial charge in [-0.1, -0.05) is 0 Å². The van der Waals surface area contributed by atoms with E-state index >= 15 is 0 Å². The molecule has 2 heterocycles. The van der Waals surface area contributed by atoms with Crippen LogP contribution >= 0.6 is 0 Å². The van der Waals surface area contributed by atoms with Gasteiger partial charge in [0.1, 0.15) is 0 Å². The fourth-order valence-electron chi connectivity index (χ4n) is 1.64. The van der Waals surface area contributed by atoms with E-state index in [1.807, 2.05) is 0 Å². The minimum atomic E-state index is 0.826. The van der Waals surface area contributed by atoms with E-state index in [0.29, 0.717) is 0 Å². The topological polar surface area (TPSA) is 6.25 Å². The van der Waals surface area contributed by atoms with E-state index in [-0.39, 0.29) is 0 Å². The van der Waals surface area contributed by atoms with E-state index in [0.717, 1.165) is 6.17 Å². The summed E-state index contributed by atoms with van der Waals surface area (Å²) < 4.78 is 0. The molecule has 0 N–H and O–H groups in total. The van der Waals surface area contributed by atoms with Crippen LogP contribution in [0.2, 0.25) is 0 Å². The summed E-state index contributed by atoms with van der Waals surface area (Å²) in [7, 11) is 2.20. The number of likely N-dealkylation sites (N-methyl/N-ethyl adjacent to an activating group) is 1. The lowest BCUT2D eigenvalue weighted by atomic mass is 10.4. The molecule has 0 spiro atoms. The Labute approximate surface area is 56.4 Å². The van der Waals surface area contributed by atoms with Crippen LogP contribution in [0.3, 0.4) is 0 Å². The standard InChI is InChI=1S/C7H14N2/c1-8-6-7(8)9-4-2-3-5-9/h7H,2-6H2,1H3. The highest BCUT2D eigenvalue weighted by Crippen LogP contribution is 2.22. The molecule has 2 aliphatic heterocycles. The number of rotatable bonds is 1. The van der Waals surface area contributed by atoms with E-state index < -0.39 is 0 Å². The molecule has 0 saturated carbocycles. The van der Waals surface area contributed by atoms with E-state index in [4.69, 9.17) is 0 Å². The number of nitrogens with zero attached hydrogens (tertiary/aromatic N) is 2. The van der Waals surface area contributed by atoms with Gasteiger partial charge in [0.2, 0.25) is 0 Å². The van der Waals surface area contributed by atoms with E-state index in [9.17, 15) is 0 Å². The Balaban J connectivity index is 1.85. The molecule has 0 radical (unpaired) electrons. The van der Waals surface area contributed by atoms with E-state index in [1.54, 1.807) is 0 Å². The van der Waals surface area contributed by atoms with Crippen molar-refractivity contribution < 1.29 is 0 Å². The van der Waals surface area contributed by atoms with Gasteiger partial charge in [-0.3, -0.25) is 9.80 Å². The molecular formula is C7H14N2. The first-order chi connectivity index (χ1) is 4.38. The first kappa shape index (κ1) is 5.69. The predicted molar refractivity (Wildman–Crippen MR) is 37.2 cm³/mol. The molecule has 2 nitrogen and oxygen atoms in total. The van der Waals surface area contributed by atoms with Crippen molar-refractivity contribution in [1.82, 2.24) is 9.80 Å². The van der Waals surface area contributed by atoms with Crippen LogP contribution in [0.4, 0.5) is 0 Å². The molecule has 2 rings (SSSR count). The van der Waals surface area contributed by atoms with Crippen molar-refractivity contribution in [1.29, 1.82) is 0 Å². The van der Waals surface area contributed by atoms with Crippen molar-refractivity contribution in [2.75, 3.05) is 26.7 Å². The highest BCUT2D eigenvalue weighted by atomic mass is 15.5. The van der Waals surface area contributed by atoms with Crippen LogP contribution in [0.25, 0.3) is 0 Å². The Bertz CT molecular complexity index is 107. The lowest BCUT2D eigenvalue weighted by Crippen LogP contribution is -2.25. The summed E-state index contributed by atoms with van der Waals surface area (Å²) in [6.45, 7) is 3.99. The van der Waals surface area contributed by atoms with Crippen molar-refractivity contribution in [3.05, 3.63) is 0 Å². The second-order valence-corrected chi connectivity index (χ2v) is 3.16. The lowest BCUT2D eigenvalue weighted by molar-refractivity contribution is 0.280. The van der Waals surface area contributed by atoms with Crippen LogP contribution in [0.15, 0.2) is 0 Å². The zero-order valence-corrected chi connectivity index (χ0v) is 6.01. The Morgan fingerprint density at radius 2 is 1.78 bits per heavy atom. The van der Waals surface area contributed by atoms with Gasteiger partial charge in [0.25, 0.3) is 0 Å². The van der Waals surface area contributed by atoms with Crippen molar-refractivity contribution in [2.45, 2.75) is 19.0 Å². The second kappa shape index (κ2) is 1.96. The Morgan fingerprint density at radius 3 is 2.22 bits per heavy atom. The van der Waals surface area contributed by atoms with Crippen LogP contribution in [0.5, 0.6) is 0 Å². The van der Waals surface area contributed by atoms with Gasteiger partial charge in [-0.25, -0.2) is 0 Å². The highest BCUT2D eigenvalue weighted by Gasteiger charge is 2.36. The van der Waals surface area contributed by atoms with Crippen molar-refractivity contribution in [3.8, 4) is 0 Å². The summed E-state index contributed by atoms with van der Waals surface area (Å²) in [6, 6.07) is 0. The summed E-state index contributed by atoms with van der Waals surface area (Å²) in [5.74, 6) is 0. The SMILES string of the molecule is CN1CC1N1CCCC1. The summed E-state index contributed by atoms with van der Waals surface area (Å²) in [5.41, 5.74) is 0. The average Bonchev–Trinajstić information content (AvgIpc) is 2.44. The van der Waals surface area contributed by atoms with Gasteiger partial charge in [-0.2, -0.15) is 0 Å².